The zero-order valence-corrected chi connectivity index (χ0v) is 17.4. The fraction of sp³-hybridized carbons (Fsp3) is 0.182. The molecule has 3 rings (SSSR count). The second-order valence-corrected chi connectivity index (χ2v) is 7.76. The fourth-order valence-corrected chi connectivity index (χ4v) is 3.79. The summed E-state index contributed by atoms with van der Waals surface area (Å²) >= 11 is 0.827. The number of carboxylic acid groups (broad SMARTS) is 1. The Bertz CT molecular complexity index is 1080. The van der Waals surface area contributed by atoms with Crippen LogP contribution in [0, 0.1) is 0 Å². The lowest BCUT2D eigenvalue weighted by atomic mass is 10.1. The second kappa shape index (κ2) is 9.48. The molecular formula is C22H20N2O6S. The highest BCUT2D eigenvalue weighted by atomic mass is 32.2. The Labute approximate surface area is 182 Å². The van der Waals surface area contributed by atoms with E-state index >= 15 is 0 Å². The van der Waals surface area contributed by atoms with Crippen LogP contribution in [0.4, 0.5) is 10.5 Å². The number of nitrogens with one attached hydrogen (secondary N) is 1. The van der Waals surface area contributed by atoms with Crippen LogP contribution in [0.25, 0.3) is 6.08 Å². The standard InChI is InChI=1S/C22H20N2O6S/c1-2-13-3-5-14(6-4-13)11-18-20(27)24(22(30)31-18)10-9-19(26)23-15-7-8-16(21(28)29)17(25)12-15/h3-8,11-12,25H,2,9-10H2,1H3,(H,23,26)(H,28,29)/b18-11-. The number of carbonyl (C=O) groups excluding carboxylic acids is 3. The van der Waals surface area contributed by atoms with Gasteiger partial charge in [-0.2, -0.15) is 0 Å². The van der Waals surface area contributed by atoms with Crippen molar-refractivity contribution in [2.75, 3.05) is 11.9 Å². The second-order valence-electron chi connectivity index (χ2n) is 6.76. The number of rotatable bonds is 7. The van der Waals surface area contributed by atoms with Gasteiger partial charge in [0.25, 0.3) is 11.1 Å². The van der Waals surface area contributed by atoms with Gasteiger partial charge in [0.1, 0.15) is 11.3 Å². The molecule has 31 heavy (non-hydrogen) atoms. The Morgan fingerprint density at radius 2 is 1.84 bits per heavy atom. The van der Waals surface area contributed by atoms with E-state index in [9.17, 15) is 24.3 Å². The molecule has 1 aliphatic rings. The molecule has 2 aromatic carbocycles. The summed E-state index contributed by atoms with van der Waals surface area (Å²) in [4.78, 5) is 49.2. The molecule has 160 valence electrons. The van der Waals surface area contributed by atoms with Crippen LogP contribution in [0.2, 0.25) is 0 Å². The van der Waals surface area contributed by atoms with Gasteiger partial charge in [-0.1, -0.05) is 31.2 Å². The maximum Gasteiger partial charge on any atom is 0.339 e. The van der Waals surface area contributed by atoms with Crippen molar-refractivity contribution >= 4 is 46.5 Å². The summed E-state index contributed by atoms with van der Waals surface area (Å²) in [6.07, 6.45) is 2.41. The third kappa shape index (κ3) is 5.32. The first kappa shape index (κ1) is 22.1. The van der Waals surface area contributed by atoms with Crippen molar-refractivity contribution in [3.63, 3.8) is 0 Å². The monoisotopic (exact) mass is 440 g/mol. The van der Waals surface area contributed by atoms with Gasteiger partial charge in [-0.15, -0.1) is 0 Å². The summed E-state index contributed by atoms with van der Waals surface area (Å²) in [5.41, 5.74) is 1.90. The molecule has 2 aromatic rings. The first-order chi connectivity index (χ1) is 14.8. The van der Waals surface area contributed by atoms with Crippen molar-refractivity contribution in [2.45, 2.75) is 19.8 Å². The predicted octanol–water partition coefficient (Wildman–Crippen LogP) is 3.72. The number of aryl methyl sites for hydroxylation is 1. The number of carbonyl (C=O) groups is 4. The van der Waals surface area contributed by atoms with Crippen LogP contribution in [0.1, 0.15) is 34.8 Å². The minimum Gasteiger partial charge on any atom is -0.507 e. The van der Waals surface area contributed by atoms with Crippen LogP contribution in [0.3, 0.4) is 0 Å². The summed E-state index contributed by atoms with van der Waals surface area (Å²) in [6, 6.07) is 11.3. The molecular weight excluding hydrogens is 420 g/mol. The minimum absolute atomic E-state index is 0.0954. The molecule has 1 aliphatic heterocycles. The summed E-state index contributed by atoms with van der Waals surface area (Å²) < 4.78 is 0. The smallest absolute Gasteiger partial charge is 0.339 e. The van der Waals surface area contributed by atoms with Gasteiger partial charge >= 0.3 is 5.97 Å². The molecule has 9 heteroatoms. The summed E-state index contributed by atoms with van der Waals surface area (Å²) in [6.45, 7) is 1.95. The summed E-state index contributed by atoms with van der Waals surface area (Å²) in [5, 5.41) is 20.7. The van der Waals surface area contributed by atoms with Crippen molar-refractivity contribution < 1.29 is 29.4 Å². The van der Waals surface area contributed by atoms with E-state index in [1.807, 2.05) is 31.2 Å². The number of hydrogen-bond donors (Lipinski definition) is 3. The Balaban J connectivity index is 1.59. The average molecular weight is 440 g/mol. The molecule has 1 fully saturated rings. The Morgan fingerprint density at radius 1 is 1.13 bits per heavy atom. The normalized spacial score (nSPS) is 14.9. The van der Waals surface area contributed by atoms with Gasteiger partial charge < -0.3 is 15.5 Å². The van der Waals surface area contributed by atoms with Gasteiger partial charge in [0.2, 0.25) is 5.91 Å². The summed E-state index contributed by atoms with van der Waals surface area (Å²) in [5.74, 6) is -2.70. The van der Waals surface area contributed by atoms with E-state index in [2.05, 4.69) is 5.32 Å². The zero-order chi connectivity index (χ0) is 22.5. The quantitative estimate of drug-likeness (QED) is 0.561. The third-order valence-electron chi connectivity index (χ3n) is 4.63. The van der Waals surface area contributed by atoms with E-state index in [4.69, 9.17) is 5.11 Å². The Morgan fingerprint density at radius 3 is 2.45 bits per heavy atom. The molecule has 0 aliphatic carbocycles. The molecule has 0 saturated carbocycles. The van der Waals surface area contributed by atoms with Crippen molar-refractivity contribution in [3.05, 3.63) is 64.1 Å². The molecule has 0 spiro atoms. The lowest BCUT2D eigenvalue weighted by Gasteiger charge is -2.12. The van der Waals surface area contributed by atoms with Crippen LogP contribution in [-0.2, 0) is 16.0 Å². The number of carboxylic acids is 1. The van der Waals surface area contributed by atoms with E-state index in [1.165, 1.54) is 17.7 Å². The molecule has 0 bridgehead atoms. The van der Waals surface area contributed by atoms with Gasteiger partial charge in [0, 0.05) is 24.7 Å². The lowest BCUT2D eigenvalue weighted by molar-refractivity contribution is -0.123. The highest BCUT2D eigenvalue weighted by Crippen LogP contribution is 2.32. The number of anilines is 1. The largest absolute Gasteiger partial charge is 0.507 e. The van der Waals surface area contributed by atoms with Crippen LogP contribution in [-0.4, -0.2) is 44.7 Å². The molecule has 3 amide bonds. The lowest BCUT2D eigenvalue weighted by Crippen LogP contribution is -2.31. The molecule has 1 heterocycles. The molecule has 3 N–H and O–H groups in total. The van der Waals surface area contributed by atoms with Crippen molar-refractivity contribution in [1.29, 1.82) is 0 Å². The predicted molar refractivity (Wildman–Crippen MR) is 117 cm³/mol. The number of aromatic carboxylic acids is 1. The number of aromatic hydroxyl groups is 1. The van der Waals surface area contributed by atoms with E-state index in [-0.39, 0.29) is 24.2 Å². The van der Waals surface area contributed by atoms with E-state index in [0.29, 0.717) is 4.91 Å². The van der Waals surface area contributed by atoms with Crippen molar-refractivity contribution in [1.82, 2.24) is 4.90 Å². The summed E-state index contributed by atoms with van der Waals surface area (Å²) in [7, 11) is 0. The number of imide groups is 1. The van der Waals surface area contributed by atoms with E-state index in [0.717, 1.165) is 34.7 Å². The molecule has 8 nitrogen and oxygen atoms in total. The van der Waals surface area contributed by atoms with Gasteiger partial charge in [-0.05, 0) is 47.5 Å². The molecule has 0 unspecified atom stereocenters. The van der Waals surface area contributed by atoms with Crippen LogP contribution in [0.5, 0.6) is 5.75 Å². The Hall–Kier alpha value is -3.59. The van der Waals surface area contributed by atoms with Crippen LogP contribution < -0.4 is 5.32 Å². The maximum atomic E-state index is 12.6. The van der Waals surface area contributed by atoms with Gasteiger partial charge in [-0.25, -0.2) is 4.79 Å². The van der Waals surface area contributed by atoms with Crippen LogP contribution in [0.15, 0.2) is 47.4 Å². The number of amides is 3. The van der Waals surface area contributed by atoms with Gasteiger partial charge in [0.05, 0.1) is 4.91 Å². The Kier molecular flexibility index (Phi) is 6.76. The maximum absolute atomic E-state index is 12.6. The van der Waals surface area contributed by atoms with Crippen LogP contribution >= 0.6 is 11.8 Å². The number of nitrogens with zero attached hydrogens (tertiary/aromatic N) is 1. The molecule has 0 atom stereocenters. The first-order valence-corrected chi connectivity index (χ1v) is 10.3. The van der Waals surface area contributed by atoms with Gasteiger partial charge in [-0.3, -0.25) is 19.3 Å². The molecule has 1 saturated heterocycles. The third-order valence-corrected chi connectivity index (χ3v) is 5.54. The molecule has 0 radical (unpaired) electrons. The topological polar surface area (TPSA) is 124 Å². The number of thioether (sulfide) groups is 1. The van der Waals surface area contributed by atoms with Crippen molar-refractivity contribution in [2.24, 2.45) is 0 Å². The number of hydrogen-bond acceptors (Lipinski definition) is 6. The van der Waals surface area contributed by atoms with Crippen molar-refractivity contribution in [3.8, 4) is 5.75 Å². The fourth-order valence-electron chi connectivity index (χ4n) is 2.92. The first-order valence-electron chi connectivity index (χ1n) is 9.49. The minimum atomic E-state index is -1.29. The highest BCUT2D eigenvalue weighted by Gasteiger charge is 2.35. The average Bonchev–Trinajstić information content (AvgIpc) is 2.99. The SMILES string of the molecule is CCc1ccc(/C=C2\SC(=O)N(CCC(=O)Nc3ccc(C(=O)O)c(O)c3)C2=O)cc1. The highest BCUT2D eigenvalue weighted by molar-refractivity contribution is 8.18. The number of benzene rings is 2. The number of phenols is 1. The molecule has 0 aromatic heterocycles. The van der Waals surface area contributed by atoms with E-state index < -0.39 is 28.8 Å². The zero-order valence-electron chi connectivity index (χ0n) is 16.6. The van der Waals surface area contributed by atoms with Gasteiger partial charge in [0.15, 0.2) is 0 Å². The van der Waals surface area contributed by atoms with E-state index in [1.54, 1.807) is 6.08 Å².